The Bertz CT molecular complexity index is 1310. The second-order valence-electron chi connectivity index (χ2n) is 9.69. The molecule has 1 N–H and O–H groups in total. The smallest absolute Gasteiger partial charge is 0.337 e. The van der Waals surface area contributed by atoms with Gasteiger partial charge in [0, 0.05) is 29.0 Å². The Labute approximate surface area is 223 Å². The lowest BCUT2D eigenvalue weighted by molar-refractivity contribution is -0.143. The summed E-state index contributed by atoms with van der Waals surface area (Å²) in [5.74, 6) is 1.15. The van der Waals surface area contributed by atoms with Crippen molar-refractivity contribution < 1.29 is 33.3 Å². The van der Waals surface area contributed by atoms with Crippen LogP contribution in [0.2, 0.25) is 0 Å². The van der Waals surface area contributed by atoms with Gasteiger partial charge < -0.3 is 29.0 Å². The van der Waals surface area contributed by atoms with E-state index >= 15 is 0 Å². The van der Waals surface area contributed by atoms with Gasteiger partial charge in [0.2, 0.25) is 0 Å². The summed E-state index contributed by atoms with van der Waals surface area (Å²) in [5.41, 5.74) is 4.02. The number of dihydropyridines is 1. The summed E-state index contributed by atoms with van der Waals surface area (Å²) in [6, 6.07) is 11.1. The maximum atomic E-state index is 13.9. The molecule has 2 aromatic rings. The molecule has 0 fully saturated rings. The number of allylic oxidation sites excluding steroid dienone is 3. The van der Waals surface area contributed by atoms with E-state index in [0.29, 0.717) is 51.8 Å². The van der Waals surface area contributed by atoms with Crippen molar-refractivity contribution in [1.29, 1.82) is 0 Å². The van der Waals surface area contributed by atoms with Crippen molar-refractivity contribution in [3.05, 3.63) is 70.1 Å². The molecule has 0 unspecified atom stereocenters. The Morgan fingerprint density at radius 1 is 0.895 bits per heavy atom. The fraction of sp³-hybridized carbons (Fsp3) is 0.400. The number of benzene rings is 2. The number of ketones is 1. The predicted molar refractivity (Wildman–Crippen MR) is 143 cm³/mol. The summed E-state index contributed by atoms with van der Waals surface area (Å²) in [4.78, 5) is 27.3. The van der Waals surface area contributed by atoms with E-state index in [1.54, 1.807) is 54.4 Å². The van der Waals surface area contributed by atoms with Gasteiger partial charge in [-0.1, -0.05) is 6.07 Å². The molecule has 8 heteroatoms. The number of rotatable bonds is 8. The van der Waals surface area contributed by atoms with Gasteiger partial charge in [0.15, 0.2) is 17.3 Å². The molecule has 38 heavy (non-hydrogen) atoms. The van der Waals surface area contributed by atoms with Gasteiger partial charge in [-0.05, 0) is 69.0 Å². The molecule has 0 saturated heterocycles. The summed E-state index contributed by atoms with van der Waals surface area (Å²) in [7, 11) is 6.33. The third kappa shape index (κ3) is 5.08. The predicted octanol–water partition coefficient (Wildman–Crippen LogP) is 5.03. The van der Waals surface area contributed by atoms with E-state index < -0.39 is 11.9 Å². The quantitative estimate of drug-likeness (QED) is 0.484. The van der Waals surface area contributed by atoms with Crippen molar-refractivity contribution in [2.24, 2.45) is 0 Å². The van der Waals surface area contributed by atoms with Gasteiger partial charge in [0.25, 0.3) is 0 Å². The fourth-order valence-electron chi connectivity index (χ4n) is 5.31. The van der Waals surface area contributed by atoms with E-state index in [0.717, 1.165) is 11.3 Å². The van der Waals surface area contributed by atoms with Gasteiger partial charge in [0.05, 0.1) is 46.0 Å². The van der Waals surface area contributed by atoms with E-state index in [1.165, 1.54) is 0 Å². The maximum absolute atomic E-state index is 13.9. The third-order valence-electron chi connectivity index (χ3n) is 7.02. The summed E-state index contributed by atoms with van der Waals surface area (Å²) >= 11 is 0. The molecule has 202 valence electrons. The Kier molecular flexibility index (Phi) is 7.99. The average Bonchev–Trinajstić information content (AvgIpc) is 2.90. The van der Waals surface area contributed by atoms with Crippen molar-refractivity contribution in [2.45, 2.75) is 51.6 Å². The lowest BCUT2D eigenvalue weighted by atomic mass is 9.71. The lowest BCUT2D eigenvalue weighted by Crippen LogP contribution is -2.36. The molecule has 0 radical (unpaired) electrons. The zero-order valence-corrected chi connectivity index (χ0v) is 23.0. The Morgan fingerprint density at radius 2 is 1.58 bits per heavy atom. The molecular formula is C30H35NO7. The largest absolute Gasteiger partial charge is 0.497 e. The van der Waals surface area contributed by atoms with Gasteiger partial charge in [-0.15, -0.1) is 0 Å². The van der Waals surface area contributed by atoms with Crippen molar-refractivity contribution in [2.75, 3.05) is 28.4 Å². The summed E-state index contributed by atoms with van der Waals surface area (Å²) in [6.07, 6.45) is 0.551. The standard InChI is InChI=1S/C30H35NO7/c1-16(2)38-30(33)27-17(3)31-22-12-19(18-8-10-25(36-6)26(14-18)37-7)13-23(32)29(22)28(27)21-15-20(34-4)9-11-24(21)35-5/h8-11,14-16,19,28,31H,12-13H2,1-7H3/t19-,28-/m1/s1. The first-order valence-electron chi connectivity index (χ1n) is 12.6. The first-order valence-corrected chi connectivity index (χ1v) is 12.6. The van der Waals surface area contributed by atoms with E-state index in [-0.39, 0.29) is 24.2 Å². The summed E-state index contributed by atoms with van der Waals surface area (Å²) < 4.78 is 27.7. The highest BCUT2D eigenvalue weighted by atomic mass is 16.5. The van der Waals surface area contributed by atoms with Gasteiger partial charge in [-0.25, -0.2) is 4.79 Å². The van der Waals surface area contributed by atoms with Crippen molar-refractivity contribution in [3.63, 3.8) is 0 Å². The van der Waals surface area contributed by atoms with E-state index in [9.17, 15) is 9.59 Å². The fourth-order valence-corrected chi connectivity index (χ4v) is 5.31. The first-order chi connectivity index (χ1) is 18.2. The van der Waals surface area contributed by atoms with Crippen LogP contribution >= 0.6 is 0 Å². The average molecular weight is 522 g/mol. The molecule has 2 atom stereocenters. The minimum atomic E-state index is -0.665. The van der Waals surface area contributed by atoms with Gasteiger partial charge in [-0.3, -0.25) is 4.79 Å². The van der Waals surface area contributed by atoms with Crippen LogP contribution in [0.4, 0.5) is 0 Å². The molecule has 1 aliphatic heterocycles. The van der Waals surface area contributed by atoms with Crippen molar-refractivity contribution in [3.8, 4) is 23.0 Å². The second-order valence-corrected chi connectivity index (χ2v) is 9.69. The van der Waals surface area contributed by atoms with Crippen LogP contribution in [0.1, 0.15) is 56.6 Å². The zero-order valence-electron chi connectivity index (χ0n) is 23.0. The molecule has 0 bridgehead atoms. The van der Waals surface area contributed by atoms with Crippen LogP contribution in [0, 0.1) is 0 Å². The summed E-state index contributed by atoms with van der Waals surface area (Å²) in [6.45, 7) is 5.44. The van der Waals surface area contributed by atoms with Gasteiger partial charge in [0.1, 0.15) is 11.5 Å². The highest BCUT2D eigenvalue weighted by molar-refractivity contribution is 6.04. The number of esters is 1. The van der Waals surface area contributed by atoms with Crippen molar-refractivity contribution in [1.82, 2.24) is 5.32 Å². The Hall–Kier alpha value is -3.94. The molecule has 8 nitrogen and oxygen atoms in total. The van der Waals surface area contributed by atoms with Crippen LogP contribution in [0.5, 0.6) is 23.0 Å². The molecule has 0 aromatic heterocycles. The molecule has 0 spiro atoms. The van der Waals surface area contributed by atoms with E-state index in [2.05, 4.69) is 5.32 Å². The van der Waals surface area contributed by atoms with Crippen LogP contribution in [0.3, 0.4) is 0 Å². The Balaban J connectivity index is 1.84. The highest BCUT2D eigenvalue weighted by Crippen LogP contribution is 2.49. The number of hydrogen-bond donors (Lipinski definition) is 1. The van der Waals surface area contributed by atoms with E-state index in [1.807, 2.05) is 31.2 Å². The van der Waals surface area contributed by atoms with Crippen LogP contribution in [0.25, 0.3) is 0 Å². The van der Waals surface area contributed by atoms with Crippen LogP contribution < -0.4 is 24.3 Å². The number of carbonyl (C=O) groups is 2. The number of ether oxygens (including phenoxy) is 5. The first kappa shape index (κ1) is 27.1. The van der Waals surface area contributed by atoms with Gasteiger partial charge in [-0.2, -0.15) is 0 Å². The van der Waals surface area contributed by atoms with Crippen LogP contribution in [0.15, 0.2) is 58.9 Å². The zero-order chi connectivity index (χ0) is 27.6. The molecule has 4 rings (SSSR count). The Morgan fingerprint density at radius 3 is 2.21 bits per heavy atom. The number of carbonyl (C=O) groups excluding carboxylic acids is 2. The molecule has 2 aliphatic rings. The van der Waals surface area contributed by atoms with Crippen LogP contribution in [-0.4, -0.2) is 46.3 Å². The topological polar surface area (TPSA) is 92.3 Å². The van der Waals surface area contributed by atoms with Gasteiger partial charge >= 0.3 is 5.97 Å². The lowest BCUT2D eigenvalue weighted by Gasteiger charge is -2.37. The third-order valence-corrected chi connectivity index (χ3v) is 7.02. The highest BCUT2D eigenvalue weighted by Gasteiger charge is 2.43. The van der Waals surface area contributed by atoms with E-state index in [4.69, 9.17) is 23.7 Å². The minimum absolute atomic E-state index is 0.0456. The number of hydrogen-bond acceptors (Lipinski definition) is 8. The molecule has 0 amide bonds. The summed E-state index contributed by atoms with van der Waals surface area (Å²) in [5, 5.41) is 3.38. The molecule has 0 saturated carbocycles. The SMILES string of the molecule is COc1ccc(OC)c([C@@H]2C(C(=O)OC(C)C)=C(C)NC3=C2C(=O)C[C@H](c2ccc(OC)c(OC)c2)C3)c1. The number of nitrogens with one attached hydrogen (secondary N) is 1. The molecule has 2 aromatic carbocycles. The molecule has 1 heterocycles. The normalized spacial score (nSPS) is 19.1. The monoisotopic (exact) mass is 521 g/mol. The number of methoxy groups -OCH3 is 4. The number of Topliss-reactive ketones (excluding diaryl/α,β-unsaturated/α-hetero) is 1. The second kappa shape index (κ2) is 11.2. The maximum Gasteiger partial charge on any atom is 0.337 e. The molecule has 1 aliphatic carbocycles. The van der Waals surface area contributed by atoms with Crippen LogP contribution in [-0.2, 0) is 14.3 Å². The van der Waals surface area contributed by atoms with Crippen molar-refractivity contribution >= 4 is 11.8 Å². The molecular weight excluding hydrogens is 486 g/mol. The minimum Gasteiger partial charge on any atom is -0.497 e.